The van der Waals surface area contributed by atoms with Crippen LogP contribution in [0, 0.1) is 5.92 Å². The highest BCUT2D eigenvalue weighted by Crippen LogP contribution is 2.29. The Morgan fingerprint density at radius 3 is 2.75 bits per heavy atom. The van der Waals surface area contributed by atoms with Gasteiger partial charge in [-0.25, -0.2) is 13.1 Å². The van der Waals surface area contributed by atoms with E-state index in [1.165, 1.54) is 11.1 Å². The van der Waals surface area contributed by atoms with E-state index in [0.29, 0.717) is 10.8 Å². The summed E-state index contributed by atoms with van der Waals surface area (Å²) in [4.78, 5) is 0.429. The largest absolute Gasteiger partial charge is 0.240 e. The summed E-state index contributed by atoms with van der Waals surface area (Å²) in [6.07, 6.45) is 6.38. The number of benzene rings is 1. The molecule has 1 saturated carbocycles. The second kappa shape index (κ2) is 5.78. The summed E-state index contributed by atoms with van der Waals surface area (Å²) >= 11 is 3.49. The first-order chi connectivity index (χ1) is 9.60. The van der Waals surface area contributed by atoms with Gasteiger partial charge in [-0.2, -0.15) is 0 Å². The third kappa shape index (κ3) is 2.81. The van der Waals surface area contributed by atoms with E-state index in [4.69, 9.17) is 0 Å². The van der Waals surface area contributed by atoms with E-state index in [1.54, 1.807) is 6.07 Å². The fourth-order valence-electron chi connectivity index (χ4n) is 3.36. The Morgan fingerprint density at radius 2 is 1.95 bits per heavy atom. The fourth-order valence-corrected chi connectivity index (χ4v) is 5.52. The van der Waals surface area contributed by atoms with Gasteiger partial charge in [0.05, 0.1) is 4.90 Å². The Balaban J connectivity index is 1.81. The monoisotopic (exact) mass is 357 g/mol. The molecule has 20 heavy (non-hydrogen) atoms. The molecule has 2 unspecified atom stereocenters. The first kappa shape index (κ1) is 14.5. The molecule has 110 valence electrons. The van der Waals surface area contributed by atoms with Gasteiger partial charge < -0.3 is 0 Å². The van der Waals surface area contributed by atoms with Gasteiger partial charge in [-0.05, 0) is 61.3 Å². The second-order valence-electron chi connectivity index (χ2n) is 5.86. The predicted octanol–water partition coefficient (Wildman–Crippen LogP) is 3.02. The Morgan fingerprint density at radius 1 is 1.15 bits per heavy atom. The fraction of sp³-hybridized carbons (Fsp3) is 0.600. The Bertz CT molecular complexity index is 600. The van der Waals surface area contributed by atoms with Crippen LogP contribution in [0.5, 0.6) is 0 Å². The van der Waals surface area contributed by atoms with E-state index in [2.05, 4.69) is 20.7 Å². The summed E-state index contributed by atoms with van der Waals surface area (Å²) in [5, 5.41) is 0.865. The molecule has 2 aliphatic rings. The average molecular weight is 358 g/mol. The highest BCUT2D eigenvalue weighted by atomic mass is 79.9. The first-order valence-corrected chi connectivity index (χ1v) is 9.91. The maximum Gasteiger partial charge on any atom is 0.240 e. The van der Waals surface area contributed by atoms with Crippen molar-refractivity contribution in [3.8, 4) is 0 Å². The van der Waals surface area contributed by atoms with E-state index >= 15 is 0 Å². The number of halogens is 1. The maximum atomic E-state index is 12.5. The normalized spacial score (nSPS) is 25.9. The molecule has 0 spiro atoms. The van der Waals surface area contributed by atoms with Crippen LogP contribution in [0.2, 0.25) is 0 Å². The van der Waals surface area contributed by atoms with Gasteiger partial charge in [0, 0.05) is 11.4 Å². The molecular formula is C15H20BrNO2S. The van der Waals surface area contributed by atoms with Gasteiger partial charge >= 0.3 is 0 Å². The van der Waals surface area contributed by atoms with Crippen molar-refractivity contribution < 1.29 is 8.42 Å². The summed E-state index contributed by atoms with van der Waals surface area (Å²) in [5.74, 6) is 0.416. The number of fused-ring (bicyclic) bond motifs is 1. The van der Waals surface area contributed by atoms with Crippen molar-refractivity contribution in [1.82, 2.24) is 4.72 Å². The van der Waals surface area contributed by atoms with Crippen molar-refractivity contribution in [2.24, 2.45) is 5.92 Å². The number of hydrogen-bond acceptors (Lipinski definition) is 2. The third-order valence-electron chi connectivity index (χ3n) is 4.54. The van der Waals surface area contributed by atoms with Crippen molar-refractivity contribution in [3.63, 3.8) is 0 Å². The zero-order valence-corrected chi connectivity index (χ0v) is 13.8. The van der Waals surface area contributed by atoms with Gasteiger partial charge in [0.1, 0.15) is 0 Å². The van der Waals surface area contributed by atoms with Crippen molar-refractivity contribution in [2.45, 2.75) is 49.5 Å². The van der Waals surface area contributed by atoms with Gasteiger partial charge in [0.2, 0.25) is 10.0 Å². The van der Waals surface area contributed by atoms with Gasteiger partial charge in [-0.3, -0.25) is 0 Å². The van der Waals surface area contributed by atoms with Crippen LogP contribution >= 0.6 is 15.9 Å². The van der Waals surface area contributed by atoms with Crippen molar-refractivity contribution in [2.75, 3.05) is 5.33 Å². The van der Waals surface area contributed by atoms with E-state index in [0.717, 1.165) is 43.9 Å². The highest BCUT2D eigenvalue weighted by molar-refractivity contribution is 9.09. The minimum atomic E-state index is -3.38. The van der Waals surface area contributed by atoms with E-state index in [-0.39, 0.29) is 6.04 Å². The zero-order chi connectivity index (χ0) is 14.2. The quantitative estimate of drug-likeness (QED) is 0.841. The molecule has 0 bridgehead atoms. The average Bonchev–Trinajstić information content (AvgIpc) is 3.05. The van der Waals surface area contributed by atoms with Crippen LogP contribution in [0.3, 0.4) is 0 Å². The van der Waals surface area contributed by atoms with Crippen molar-refractivity contribution in [1.29, 1.82) is 0 Å². The molecule has 0 amide bonds. The molecule has 0 aromatic heterocycles. The maximum absolute atomic E-state index is 12.5. The molecule has 0 radical (unpaired) electrons. The van der Waals surface area contributed by atoms with Crippen molar-refractivity contribution >= 4 is 26.0 Å². The summed E-state index contributed by atoms with van der Waals surface area (Å²) in [5.41, 5.74) is 2.51. The number of sulfonamides is 1. The lowest BCUT2D eigenvalue weighted by atomic mass is 10.1. The molecule has 3 nitrogen and oxygen atoms in total. The molecule has 0 heterocycles. The lowest BCUT2D eigenvalue weighted by Gasteiger charge is -2.19. The topological polar surface area (TPSA) is 46.2 Å². The Labute approximate surface area is 129 Å². The van der Waals surface area contributed by atoms with Crippen molar-refractivity contribution in [3.05, 3.63) is 29.3 Å². The Kier molecular flexibility index (Phi) is 4.20. The predicted molar refractivity (Wildman–Crippen MR) is 83.7 cm³/mol. The number of alkyl halides is 1. The standard InChI is InChI=1S/C15H20BrNO2S/c16-10-13-5-2-6-15(13)17-20(18,19)14-8-7-11-3-1-4-12(11)9-14/h7-9,13,15,17H,1-6,10H2. The molecule has 1 N–H and O–H groups in total. The lowest BCUT2D eigenvalue weighted by molar-refractivity contribution is 0.484. The summed E-state index contributed by atoms with van der Waals surface area (Å²) in [6, 6.07) is 5.67. The van der Waals surface area contributed by atoms with E-state index in [1.807, 2.05) is 12.1 Å². The van der Waals surface area contributed by atoms with E-state index < -0.39 is 10.0 Å². The Hall–Kier alpha value is -0.390. The molecule has 2 atom stereocenters. The minimum Gasteiger partial charge on any atom is -0.208 e. The summed E-state index contributed by atoms with van der Waals surface area (Å²) in [6.45, 7) is 0. The smallest absolute Gasteiger partial charge is 0.208 e. The van der Waals surface area contributed by atoms with Crippen LogP contribution < -0.4 is 4.72 Å². The minimum absolute atomic E-state index is 0.0765. The molecular weight excluding hydrogens is 338 g/mol. The van der Waals surface area contributed by atoms with Crippen LogP contribution in [-0.2, 0) is 22.9 Å². The number of hydrogen-bond donors (Lipinski definition) is 1. The molecule has 5 heteroatoms. The lowest BCUT2D eigenvalue weighted by Crippen LogP contribution is -2.37. The van der Waals surface area contributed by atoms with Crippen LogP contribution in [0.25, 0.3) is 0 Å². The van der Waals surface area contributed by atoms with Crippen LogP contribution in [0.4, 0.5) is 0 Å². The second-order valence-corrected chi connectivity index (χ2v) is 8.22. The SMILES string of the molecule is O=S(=O)(NC1CCCC1CBr)c1ccc2c(c1)CCC2. The molecule has 1 aromatic rings. The number of rotatable bonds is 4. The van der Waals surface area contributed by atoms with Crippen LogP contribution in [-0.4, -0.2) is 19.8 Å². The van der Waals surface area contributed by atoms with Crippen LogP contribution in [0.15, 0.2) is 23.1 Å². The molecule has 0 aliphatic heterocycles. The van der Waals surface area contributed by atoms with Crippen LogP contribution in [0.1, 0.15) is 36.8 Å². The highest BCUT2D eigenvalue weighted by Gasteiger charge is 2.30. The van der Waals surface area contributed by atoms with Gasteiger partial charge in [0.15, 0.2) is 0 Å². The first-order valence-electron chi connectivity index (χ1n) is 7.30. The number of nitrogens with one attached hydrogen (secondary N) is 1. The third-order valence-corrected chi connectivity index (χ3v) is 6.86. The zero-order valence-electron chi connectivity index (χ0n) is 11.4. The molecule has 2 aliphatic carbocycles. The van der Waals surface area contributed by atoms with Gasteiger partial charge in [-0.15, -0.1) is 0 Å². The number of aryl methyl sites for hydroxylation is 2. The molecule has 1 fully saturated rings. The summed E-state index contributed by atoms with van der Waals surface area (Å²) < 4.78 is 28.0. The van der Waals surface area contributed by atoms with Gasteiger partial charge in [-0.1, -0.05) is 28.4 Å². The van der Waals surface area contributed by atoms with Gasteiger partial charge in [0.25, 0.3) is 0 Å². The van der Waals surface area contributed by atoms with E-state index in [9.17, 15) is 8.42 Å². The summed E-state index contributed by atoms with van der Waals surface area (Å²) in [7, 11) is -3.38. The molecule has 0 saturated heterocycles. The molecule has 1 aromatic carbocycles. The molecule has 3 rings (SSSR count).